The molecule has 2 atom stereocenters. The van der Waals surface area contributed by atoms with Crippen LogP contribution in [-0.4, -0.2) is 111 Å². The van der Waals surface area contributed by atoms with Crippen molar-refractivity contribution in [3.05, 3.63) is 81.4 Å². The van der Waals surface area contributed by atoms with E-state index in [0.29, 0.717) is 15.3 Å². The Kier molecular flexibility index (Phi) is 11.4. The summed E-state index contributed by atoms with van der Waals surface area (Å²) in [5, 5.41) is 55.6. The minimum absolute atomic E-state index is 0.0409. The van der Waals surface area contributed by atoms with Crippen molar-refractivity contribution in [3.8, 4) is 23.0 Å². The second-order valence-corrected chi connectivity index (χ2v) is 14.3. The number of rotatable bonds is 11. The third-order valence-electron chi connectivity index (χ3n) is 8.31. The Morgan fingerprint density at radius 3 is 2.44 bits per heavy atom. The standard InChI is InChI=1S/C31H29BClF2N5O13S/c33-22-17(13-19(35)24(42)25(22)43)23(28(45)37-20-12-14-5-6-18(34)21(29(46)47)26(14)53-32(20)50)38-30(48)39-8-9-40(31(39)49)54(51,52)10-2-7-36-27(44)15-3-1-4-16(41)11-15/h1,3-6,11,13,20,23,41-43,50H,2,7-10,12H2,(H,36,44)(H,37,45)(H,38,48)(H,46,47). The first-order valence-electron chi connectivity index (χ1n) is 15.7. The fourth-order valence-electron chi connectivity index (χ4n) is 5.62. The first-order chi connectivity index (χ1) is 25.4. The lowest BCUT2D eigenvalue weighted by Crippen LogP contribution is -2.56. The summed E-state index contributed by atoms with van der Waals surface area (Å²) in [4.78, 5) is 64.5. The lowest BCUT2D eigenvalue weighted by atomic mass is 9.72. The zero-order valence-corrected chi connectivity index (χ0v) is 29.0. The number of aromatic hydroxyl groups is 3. The zero-order valence-electron chi connectivity index (χ0n) is 27.5. The molecule has 0 aliphatic carbocycles. The number of sulfonamides is 1. The number of carboxylic acid groups (broad SMARTS) is 1. The van der Waals surface area contributed by atoms with Crippen molar-refractivity contribution in [2.75, 3.05) is 25.4 Å². The highest BCUT2D eigenvalue weighted by molar-refractivity contribution is 7.89. The molecule has 8 N–H and O–H groups in total. The van der Waals surface area contributed by atoms with E-state index in [1.807, 2.05) is 0 Å². The van der Waals surface area contributed by atoms with Crippen LogP contribution < -0.4 is 20.6 Å². The summed E-state index contributed by atoms with van der Waals surface area (Å²) in [6, 6.07) is 3.00. The zero-order chi connectivity index (χ0) is 39.6. The Labute approximate surface area is 309 Å². The number of phenols is 3. The Morgan fingerprint density at radius 2 is 1.76 bits per heavy atom. The summed E-state index contributed by atoms with van der Waals surface area (Å²) in [5.74, 6) is -11.5. The van der Waals surface area contributed by atoms with E-state index >= 15 is 0 Å². The minimum Gasteiger partial charge on any atom is -0.534 e. The Bertz CT molecular complexity index is 2170. The summed E-state index contributed by atoms with van der Waals surface area (Å²) in [7, 11) is -6.37. The van der Waals surface area contributed by atoms with Gasteiger partial charge in [-0.2, -0.15) is 0 Å². The largest absolute Gasteiger partial charge is 0.547 e. The molecule has 0 aromatic heterocycles. The van der Waals surface area contributed by atoms with Crippen molar-refractivity contribution in [1.82, 2.24) is 25.2 Å². The maximum Gasteiger partial charge on any atom is 0.547 e. The number of aromatic carboxylic acids is 1. The number of hydrogen-bond donors (Lipinski definition) is 8. The molecular weight excluding hydrogens is 767 g/mol. The predicted octanol–water partition coefficient (Wildman–Crippen LogP) is 1.21. The molecule has 286 valence electrons. The van der Waals surface area contributed by atoms with Crippen LogP contribution in [-0.2, 0) is 21.2 Å². The lowest BCUT2D eigenvalue weighted by molar-refractivity contribution is -0.123. The second-order valence-electron chi connectivity index (χ2n) is 11.9. The van der Waals surface area contributed by atoms with Gasteiger partial charge in [0.05, 0.1) is 29.8 Å². The molecule has 5 rings (SSSR count). The molecule has 2 aliphatic rings. The van der Waals surface area contributed by atoms with Gasteiger partial charge in [-0.3, -0.25) is 9.59 Å². The SMILES string of the molecule is O=C(NCCCS(=O)(=O)N1CCN(C(=O)NC(C(=O)NC2Cc3ccc(F)c(C(=O)O)c3OB2O)c2cc(F)c(O)c(O)c2Cl)C1=O)c1cccc(O)c1. The Morgan fingerprint density at radius 1 is 1.04 bits per heavy atom. The number of nitrogens with zero attached hydrogens (tertiary/aromatic N) is 2. The third-order valence-corrected chi connectivity index (χ3v) is 10.5. The van der Waals surface area contributed by atoms with Gasteiger partial charge in [0.25, 0.3) is 5.91 Å². The number of halogens is 3. The van der Waals surface area contributed by atoms with Crippen molar-refractivity contribution < 1.29 is 71.3 Å². The monoisotopic (exact) mass is 795 g/mol. The van der Waals surface area contributed by atoms with Crippen LogP contribution in [0.15, 0.2) is 42.5 Å². The molecule has 3 aromatic rings. The average molecular weight is 796 g/mol. The molecule has 18 nitrogen and oxygen atoms in total. The van der Waals surface area contributed by atoms with Crippen molar-refractivity contribution >= 4 is 58.6 Å². The summed E-state index contributed by atoms with van der Waals surface area (Å²) >= 11 is 6.11. The van der Waals surface area contributed by atoms with E-state index in [1.165, 1.54) is 24.3 Å². The van der Waals surface area contributed by atoms with Gasteiger partial charge in [0.1, 0.15) is 28.9 Å². The van der Waals surface area contributed by atoms with Crippen LogP contribution in [0, 0.1) is 11.6 Å². The van der Waals surface area contributed by atoms with Gasteiger partial charge >= 0.3 is 25.1 Å². The number of benzene rings is 3. The molecule has 54 heavy (non-hydrogen) atoms. The Hall–Kier alpha value is -5.87. The number of carbonyl (C=O) groups is 5. The number of fused-ring (bicyclic) bond motifs is 1. The quantitative estimate of drug-likeness (QED) is 0.0771. The van der Waals surface area contributed by atoms with Crippen molar-refractivity contribution in [2.45, 2.75) is 24.8 Å². The van der Waals surface area contributed by atoms with Crippen molar-refractivity contribution in [1.29, 1.82) is 0 Å². The number of nitrogens with one attached hydrogen (secondary N) is 3. The summed E-state index contributed by atoms with van der Waals surface area (Å²) < 4.78 is 60.4. The number of imide groups is 1. The van der Waals surface area contributed by atoms with Gasteiger partial charge in [0.2, 0.25) is 15.9 Å². The summed E-state index contributed by atoms with van der Waals surface area (Å²) in [6.45, 7) is -1.18. The summed E-state index contributed by atoms with van der Waals surface area (Å²) in [6.07, 6.45) is -0.517. The molecule has 0 radical (unpaired) electrons. The van der Waals surface area contributed by atoms with E-state index in [0.717, 1.165) is 12.1 Å². The van der Waals surface area contributed by atoms with E-state index in [1.54, 1.807) is 0 Å². The normalized spacial score (nSPS) is 16.0. The first kappa shape index (κ1) is 39.3. The molecule has 2 heterocycles. The summed E-state index contributed by atoms with van der Waals surface area (Å²) in [5.41, 5.74) is -1.39. The number of urea groups is 2. The van der Waals surface area contributed by atoms with Crippen LogP contribution in [0.1, 0.15) is 44.3 Å². The van der Waals surface area contributed by atoms with Gasteiger partial charge in [0, 0.05) is 17.7 Å². The van der Waals surface area contributed by atoms with Crippen molar-refractivity contribution in [3.63, 3.8) is 0 Å². The maximum atomic E-state index is 14.6. The van der Waals surface area contributed by atoms with Crippen LogP contribution in [0.4, 0.5) is 18.4 Å². The molecule has 0 spiro atoms. The number of carboxylic acids is 1. The van der Waals surface area contributed by atoms with E-state index < -0.39 is 123 Å². The number of amides is 6. The van der Waals surface area contributed by atoms with Crippen LogP contribution in [0.2, 0.25) is 5.02 Å². The molecule has 2 aliphatic heterocycles. The lowest BCUT2D eigenvalue weighted by Gasteiger charge is -2.31. The van der Waals surface area contributed by atoms with Gasteiger partial charge in [-0.05, 0) is 48.7 Å². The molecular formula is C31H29BClF2N5O13S. The van der Waals surface area contributed by atoms with Crippen LogP contribution in [0.5, 0.6) is 23.0 Å². The molecule has 0 bridgehead atoms. The van der Waals surface area contributed by atoms with Crippen LogP contribution in [0.3, 0.4) is 0 Å². The van der Waals surface area contributed by atoms with Crippen LogP contribution in [0.25, 0.3) is 0 Å². The first-order valence-corrected chi connectivity index (χ1v) is 17.7. The smallest absolute Gasteiger partial charge is 0.534 e. The highest BCUT2D eigenvalue weighted by Gasteiger charge is 2.43. The predicted molar refractivity (Wildman–Crippen MR) is 181 cm³/mol. The van der Waals surface area contributed by atoms with E-state index in [-0.39, 0.29) is 36.3 Å². The van der Waals surface area contributed by atoms with Gasteiger partial charge in [-0.15, -0.1) is 0 Å². The van der Waals surface area contributed by atoms with Crippen molar-refractivity contribution in [2.24, 2.45) is 0 Å². The fourth-order valence-corrected chi connectivity index (χ4v) is 7.30. The van der Waals surface area contributed by atoms with E-state index in [4.69, 9.17) is 16.3 Å². The molecule has 6 amide bonds. The molecule has 3 aromatic carbocycles. The fraction of sp³-hybridized carbons (Fsp3) is 0.258. The molecule has 23 heteroatoms. The Balaban J connectivity index is 1.30. The third kappa shape index (κ3) is 8.04. The highest BCUT2D eigenvalue weighted by atomic mass is 35.5. The van der Waals surface area contributed by atoms with E-state index in [2.05, 4.69) is 16.0 Å². The van der Waals surface area contributed by atoms with E-state index in [9.17, 15) is 66.6 Å². The average Bonchev–Trinajstić information content (AvgIpc) is 3.52. The molecule has 0 saturated carbocycles. The van der Waals surface area contributed by atoms with Gasteiger partial charge in [0.15, 0.2) is 17.3 Å². The number of hydrogen-bond acceptors (Lipinski definition) is 12. The topological polar surface area (TPSA) is 272 Å². The molecule has 1 saturated heterocycles. The second kappa shape index (κ2) is 15.6. The minimum atomic E-state index is -4.37. The number of phenolic OH excluding ortho intramolecular Hbond substituents is 3. The van der Waals surface area contributed by atoms with Gasteiger partial charge in [-0.25, -0.2) is 40.8 Å². The van der Waals surface area contributed by atoms with Crippen LogP contribution >= 0.6 is 11.6 Å². The van der Waals surface area contributed by atoms with Gasteiger partial charge in [-0.1, -0.05) is 23.7 Å². The van der Waals surface area contributed by atoms with Gasteiger partial charge < -0.3 is 46.1 Å². The number of carbonyl (C=O) groups excluding carboxylic acids is 4. The maximum absolute atomic E-state index is 14.6. The molecule has 2 unspecified atom stereocenters. The molecule has 1 fully saturated rings. The highest BCUT2D eigenvalue weighted by Crippen LogP contribution is 2.41.